The maximum atomic E-state index is 10.6. The smallest absolute Gasteiger partial charge is 0.258 e. The Kier molecular flexibility index (Phi) is 3.34. The Hall–Kier alpha value is -0.800. The third-order valence-electron chi connectivity index (χ3n) is 1.69. The zero-order chi connectivity index (χ0) is 10.8. The van der Waals surface area contributed by atoms with Crippen molar-refractivity contribution in [3.05, 3.63) is 39.9 Å². The average Bonchev–Trinajstić information content (AvgIpc) is 2.01. The molecule has 1 aromatic rings. The van der Waals surface area contributed by atoms with Gasteiger partial charge in [0.25, 0.3) is 5.69 Å². The molecule has 0 heterocycles. The minimum absolute atomic E-state index is 0.0556. The van der Waals surface area contributed by atoms with E-state index in [4.69, 9.17) is 23.2 Å². The van der Waals surface area contributed by atoms with Gasteiger partial charge in [-0.3, -0.25) is 10.1 Å². The van der Waals surface area contributed by atoms with Crippen LogP contribution in [0.3, 0.4) is 0 Å². The molecule has 0 spiro atoms. The molecule has 0 saturated heterocycles. The highest BCUT2D eigenvalue weighted by atomic mass is 35.5. The molecule has 1 rings (SSSR count). The van der Waals surface area contributed by atoms with Gasteiger partial charge in [0, 0.05) is 18.1 Å². The number of nitro benzene ring substituents is 1. The Balaban J connectivity index is 3.02. The SMILES string of the molecule is CC(Cl)(Cl)Cc1ccccc1[N+](=O)[O-]. The van der Waals surface area contributed by atoms with Crippen LogP contribution in [0, 0.1) is 10.1 Å². The first-order valence-electron chi connectivity index (χ1n) is 4.00. The molecule has 14 heavy (non-hydrogen) atoms. The van der Waals surface area contributed by atoms with E-state index in [1.807, 2.05) is 0 Å². The third-order valence-corrected chi connectivity index (χ3v) is 1.96. The molecule has 0 saturated carbocycles. The lowest BCUT2D eigenvalue weighted by molar-refractivity contribution is -0.385. The van der Waals surface area contributed by atoms with Crippen LogP contribution in [0.4, 0.5) is 5.69 Å². The van der Waals surface area contributed by atoms with E-state index in [0.717, 1.165) is 0 Å². The minimum atomic E-state index is -0.980. The lowest BCUT2D eigenvalue weighted by atomic mass is 10.1. The normalized spacial score (nSPS) is 11.4. The van der Waals surface area contributed by atoms with Crippen LogP contribution in [0.15, 0.2) is 24.3 Å². The zero-order valence-corrected chi connectivity index (χ0v) is 9.05. The summed E-state index contributed by atoms with van der Waals surface area (Å²) in [5, 5.41) is 10.6. The van der Waals surface area contributed by atoms with Gasteiger partial charge in [0.15, 0.2) is 0 Å². The van der Waals surface area contributed by atoms with Gasteiger partial charge >= 0.3 is 0 Å². The molecule has 0 radical (unpaired) electrons. The standard InChI is InChI=1S/C9H9Cl2NO2/c1-9(10,11)6-7-4-2-3-5-8(7)12(13)14/h2-5H,6H2,1H3. The van der Waals surface area contributed by atoms with Crippen LogP contribution >= 0.6 is 23.2 Å². The molecule has 1 aromatic carbocycles. The Labute approximate surface area is 91.8 Å². The molecule has 0 unspecified atom stereocenters. The molecule has 0 bridgehead atoms. The minimum Gasteiger partial charge on any atom is -0.258 e. The molecule has 0 aliphatic heterocycles. The first-order chi connectivity index (χ1) is 6.40. The number of halogens is 2. The van der Waals surface area contributed by atoms with Crippen LogP contribution in [0.2, 0.25) is 0 Å². The number of nitrogens with zero attached hydrogens (tertiary/aromatic N) is 1. The fourth-order valence-corrected chi connectivity index (χ4v) is 1.46. The van der Waals surface area contributed by atoms with Crippen LogP contribution < -0.4 is 0 Å². The van der Waals surface area contributed by atoms with Crippen molar-refractivity contribution in [3.63, 3.8) is 0 Å². The number of para-hydroxylation sites is 1. The second-order valence-corrected chi connectivity index (χ2v) is 4.99. The van der Waals surface area contributed by atoms with Crippen molar-refractivity contribution in [2.24, 2.45) is 0 Å². The van der Waals surface area contributed by atoms with E-state index in [0.29, 0.717) is 5.56 Å². The fraction of sp³-hybridized carbons (Fsp3) is 0.333. The second-order valence-electron chi connectivity index (χ2n) is 3.13. The monoisotopic (exact) mass is 233 g/mol. The van der Waals surface area contributed by atoms with Crippen LogP contribution in [0.25, 0.3) is 0 Å². The quantitative estimate of drug-likeness (QED) is 0.457. The number of rotatable bonds is 3. The first-order valence-corrected chi connectivity index (χ1v) is 4.76. The summed E-state index contributed by atoms with van der Waals surface area (Å²) in [6, 6.07) is 6.43. The Morgan fingerprint density at radius 1 is 1.43 bits per heavy atom. The number of alkyl halides is 2. The molecule has 76 valence electrons. The molecule has 0 N–H and O–H groups in total. The van der Waals surface area contributed by atoms with Gasteiger partial charge in [-0.05, 0) is 6.92 Å². The highest BCUT2D eigenvalue weighted by molar-refractivity contribution is 6.48. The molecular weight excluding hydrogens is 225 g/mol. The molecule has 0 aliphatic rings. The summed E-state index contributed by atoms with van der Waals surface area (Å²) in [7, 11) is 0. The Morgan fingerprint density at radius 2 is 2.00 bits per heavy atom. The van der Waals surface area contributed by atoms with Gasteiger partial charge in [0.2, 0.25) is 0 Å². The molecule has 3 nitrogen and oxygen atoms in total. The maximum Gasteiger partial charge on any atom is 0.272 e. The van der Waals surface area contributed by atoms with Crippen molar-refractivity contribution in [2.75, 3.05) is 0 Å². The Bertz CT molecular complexity index is 347. The van der Waals surface area contributed by atoms with Gasteiger partial charge in [0.05, 0.1) is 4.92 Å². The first kappa shape index (κ1) is 11.3. The van der Waals surface area contributed by atoms with Gasteiger partial charge in [0.1, 0.15) is 4.33 Å². The summed E-state index contributed by atoms with van der Waals surface area (Å²) < 4.78 is -0.980. The van der Waals surface area contributed by atoms with Crippen LogP contribution in [-0.2, 0) is 6.42 Å². The van der Waals surface area contributed by atoms with Crippen molar-refractivity contribution in [1.29, 1.82) is 0 Å². The van der Waals surface area contributed by atoms with Gasteiger partial charge < -0.3 is 0 Å². The maximum absolute atomic E-state index is 10.6. The number of hydrogen-bond donors (Lipinski definition) is 0. The van der Waals surface area contributed by atoms with Gasteiger partial charge in [-0.2, -0.15) is 0 Å². The predicted octanol–water partition coefficient (Wildman–Crippen LogP) is 3.33. The summed E-state index contributed by atoms with van der Waals surface area (Å²) in [6.07, 6.45) is 0.257. The van der Waals surface area contributed by atoms with E-state index in [1.165, 1.54) is 6.07 Å². The fourth-order valence-electron chi connectivity index (χ4n) is 1.17. The van der Waals surface area contributed by atoms with E-state index in [-0.39, 0.29) is 12.1 Å². The van der Waals surface area contributed by atoms with Crippen molar-refractivity contribution in [2.45, 2.75) is 17.7 Å². The summed E-state index contributed by atoms with van der Waals surface area (Å²) in [4.78, 5) is 10.2. The average molecular weight is 234 g/mol. The predicted molar refractivity (Wildman–Crippen MR) is 56.9 cm³/mol. The van der Waals surface area contributed by atoms with Crippen LogP contribution in [-0.4, -0.2) is 9.26 Å². The number of nitro groups is 1. The van der Waals surface area contributed by atoms with Gasteiger partial charge in [-0.15, -0.1) is 23.2 Å². The van der Waals surface area contributed by atoms with E-state index in [1.54, 1.807) is 25.1 Å². The zero-order valence-electron chi connectivity index (χ0n) is 7.54. The van der Waals surface area contributed by atoms with Crippen molar-refractivity contribution < 1.29 is 4.92 Å². The van der Waals surface area contributed by atoms with Crippen molar-refractivity contribution in [1.82, 2.24) is 0 Å². The number of benzene rings is 1. The Morgan fingerprint density at radius 3 is 2.50 bits per heavy atom. The molecular formula is C9H9Cl2NO2. The van der Waals surface area contributed by atoms with Gasteiger partial charge in [-0.1, -0.05) is 18.2 Å². The molecule has 0 aliphatic carbocycles. The van der Waals surface area contributed by atoms with E-state index < -0.39 is 9.26 Å². The highest BCUT2D eigenvalue weighted by Crippen LogP contribution is 2.29. The molecule has 0 fully saturated rings. The van der Waals surface area contributed by atoms with E-state index in [2.05, 4.69) is 0 Å². The van der Waals surface area contributed by atoms with Crippen LogP contribution in [0.5, 0.6) is 0 Å². The highest BCUT2D eigenvalue weighted by Gasteiger charge is 2.22. The molecule has 0 atom stereocenters. The van der Waals surface area contributed by atoms with Crippen molar-refractivity contribution in [3.8, 4) is 0 Å². The second kappa shape index (κ2) is 4.15. The van der Waals surface area contributed by atoms with Crippen LogP contribution in [0.1, 0.15) is 12.5 Å². The topological polar surface area (TPSA) is 43.1 Å². The van der Waals surface area contributed by atoms with Crippen molar-refractivity contribution >= 4 is 28.9 Å². The summed E-state index contributed by atoms with van der Waals surface area (Å²) in [5.41, 5.74) is 0.602. The molecule has 0 aromatic heterocycles. The molecule has 5 heteroatoms. The summed E-state index contributed by atoms with van der Waals surface area (Å²) in [6.45, 7) is 1.60. The van der Waals surface area contributed by atoms with E-state index >= 15 is 0 Å². The lowest BCUT2D eigenvalue weighted by Gasteiger charge is -2.12. The van der Waals surface area contributed by atoms with Gasteiger partial charge in [-0.25, -0.2) is 0 Å². The lowest BCUT2D eigenvalue weighted by Crippen LogP contribution is -2.11. The summed E-state index contributed by atoms with van der Waals surface area (Å²) >= 11 is 11.6. The molecule has 0 amide bonds. The largest absolute Gasteiger partial charge is 0.272 e. The number of hydrogen-bond acceptors (Lipinski definition) is 2. The third kappa shape index (κ3) is 3.16. The summed E-state index contributed by atoms with van der Waals surface area (Å²) in [5.74, 6) is 0. The van der Waals surface area contributed by atoms with E-state index in [9.17, 15) is 10.1 Å².